The van der Waals surface area contributed by atoms with Gasteiger partial charge in [-0.25, -0.2) is 14.4 Å². The van der Waals surface area contributed by atoms with Crippen molar-refractivity contribution in [3.05, 3.63) is 89.0 Å². The molecule has 0 aliphatic carbocycles. The summed E-state index contributed by atoms with van der Waals surface area (Å²) in [6.45, 7) is 2.32. The number of anilines is 2. The summed E-state index contributed by atoms with van der Waals surface area (Å²) in [4.78, 5) is 47.8. The smallest absolute Gasteiger partial charge is 0.338 e. The van der Waals surface area contributed by atoms with Gasteiger partial charge in [0.1, 0.15) is 11.5 Å². The van der Waals surface area contributed by atoms with Crippen LogP contribution >= 0.6 is 0 Å². The number of carbonyl (C=O) groups is 4. The van der Waals surface area contributed by atoms with E-state index in [1.807, 2.05) is 6.92 Å². The molecule has 0 bridgehead atoms. The van der Waals surface area contributed by atoms with E-state index in [4.69, 9.17) is 25.7 Å². The minimum absolute atomic E-state index is 0.161. The number of carboxylic acid groups (broad SMARTS) is 1. The van der Waals surface area contributed by atoms with Gasteiger partial charge < -0.3 is 30.8 Å². The van der Waals surface area contributed by atoms with Gasteiger partial charge in [0.15, 0.2) is 0 Å². The zero-order valence-electron chi connectivity index (χ0n) is 26.2. The summed E-state index contributed by atoms with van der Waals surface area (Å²) in [7, 11) is 0. The van der Waals surface area contributed by atoms with Crippen molar-refractivity contribution < 1.29 is 38.5 Å². The SMILES string of the molecule is CCCCC(=O)Oc1ccc(OC(=O)/C=C/c2ccc(C(=O)OCCCCCCCCc3c(N)cc(N)cc3C(=O)O)cc2)cc1. The molecule has 3 aromatic carbocycles. The molecule has 0 aromatic heterocycles. The Balaban J connectivity index is 1.30. The molecule has 0 saturated carbocycles. The number of benzene rings is 3. The van der Waals surface area contributed by atoms with E-state index in [1.54, 1.807) is 60.7 Å². The summed E-state index contributed by atoms with van der Waals surface area (Å²) in [6, 6.07) is 16.0. The van der Waals surface area contributed by atoms with E-state index in [9.17, 15) is 24.3 Å². The van der Waals surface area contributed by atoms with Gasteiger partial charge in [-0.1, -0.05) is 51.2 Å². The molecule has 10 nitrogen and oxygen atoms in total. The maximum Gasteiger partial charge on any atom is 0.338 e. The Labute approximate surface area is 269 Å². The molecule has 0 unspecified atom stereocenters. The lowest BCUT2D eigenvalue weighted by Crippen LogP contribution is -2.08. The number of esters is 3. The number of rotatable bonds is 18. The quantitative estimate of drug-likeness (QED) is 0.0437. The molecule has 0 radical (unpaired) electrons. The van der Waals surface area contributed by atoms with E-state index in [0.29, 0.717) is 59.0 Å². The Morgan fingerprint density at radius 2 is 1.41 bits per heavy atom. The number of hydrogen-bond donors (Lipinski definition) is 3. The fourth-order valence-corrected chi connectivity index (χ4v) is 4.67. The molecule has 0 atom stereocenters. The number of nitrogen functional groups attached to an aromatic ring is 2. The van der Waals surface area contributed by atoms with Crippen LogP contribution in [0.2, 0.25) is 0 Å². The third-order valence-electron chi connectivity index (χ3n) is 7.16. The van der Waals surface area contributed by atoms with E-state index in [0.717, 1.165) is 51.4 Å². The van der Waals surface area contributed by atoms with Gasteiger partial charge in [-0.3, -0.25) is 4.79 Å². The minimum atomic E-state index is -1.03. The van der Waals surface area contributed by atoms with Crippen LogP contribution in [-0.2, 0) is 20.7 Å². The predicted octanol–water partition coefficient (Wildman–Crippen LogP) is 7.00. The minimum Gasteiger partial charge on any atom is -0.478 e. The lowest BCUT2D eigenvalue weighted by Gasteiger charge is -2.11. The largest absolute Gasteiger partial charge is 0.478 e. The van der Waals surface area contributed by atoms with E-state index in [2.05, 4.69) is 0 Å². The molecule has 3 rings (SSSR count). The van der Waals surface area contributed by atoms with Gasteiger partial charge in [0.05, 0.1) is 17.7 Å². The van der Waals surface area contributed by atoms with Crippen molar-refractivity contribution >= 4 is 41.3 Å². The van der Waals surface area contributed by atoms with E-state index in [-0.39, 0.29) is 11.5 Å². The van der Waals surface area contributed by atoms with Crippen LogP contribution in [0.1, 0.15) is 96.6 Å². The van der Waals surface area contributed by atoms with Crippen LogP contribution in [0.5, 0.6) is 11.5 Å². The van der Waals surface area contributed by atoms with E-state index in [1.165, 1.54) is 12.1 Å². The second-order valence-electron chi connectivity index (χ2n) is 10.9. The Kier molecular flexibility index (Phi) is 14.3. The molecular weight excluding hydrogens is 588 g/mol. The van der Waals surface area contributed by atoms with Crippen LogP contribution in [0, 0.1) is 0 Å². The van der Waals surface area contributed by atoms with Crippen molar-refractivity contribution in [3.8, 4) is 11.5 Å². The number of nitrogens with two attached hydrogens (primary N) is 2. The molecule has 0 amide bonds. The Hall–Kier alpha value is -5.12. The van der Waals surface area contributed by atoms with Gasteiger partial charge >= 0.3 is 23.9 Å². The predicted molar refractivity (Wildman–Crippen MR) is 177 cm³/mol. The molecule has 0 aliphatic rings. The molecule has 0 aliphatic heterocycles. The van der Waals surface area contributed by atoms with Crippen molar-refractivity contribution in [3.63, 3.8) is 0 Å². The zero-order valence-corrected chi connectivity index (χ0v) is 26.2. The number of ether oxygens (including phenoxy) is 3. The highest BCUT2D eigenvalue weighted by atomic mass is 16.5. The van der Waals surface area contributed by atoms with Crippen molar-refractivity contribution in [2.75, 3.05) is 18.1 Å². The van der Waals surface area contributed by atoms with Crippen LogP contribution in [0.15, 0.2) is 66.7 Å². The number of carboxylic acids is 1. The van der Waals surface area contributed by atoms with Crippen molar-refractivity contribution in [2.45, 2.75) is 71.1 Å². The molecule has 244 valence electrons. The lowest BCUT2D eigenvalue weighted by atomic mass is 9.98. The van der Waals surface area contributed by atoms with Gasteiger partial charge in [0.2, 0.25) is 0 Å². The normalized spacial score (nSPS) is 10.9. The third-order valence-corrected chi connectivity index (χ3v) is 7.16. The average Bonchev–Trinajstić information content (AvgIpc) is 3.03. The zero-order chi connectivity index (χ0) is 33.3. The topological polar surface area (TPSA) is 168 Å². The Bertz CT molecular complexity index is 1500. The summed E-state index contributed by atoms with van der Waals surface area (Å²) in [5.74, 6) is -1.61. The molecule has 5 N–H and O–H groups in total. The molecule has 46 heavy (non-hydrogen) atoms. The lowest BCUT2D eigenvalue weighted by molar-refractivity contribution is -0.134. The number of hydrogen-bond acceptors (Lipinski definition) is 9. The maximum atomic E-state index is 12.4. The van der Waals surface area contributed by atoms with Crippen molar-refractivity contribution in [2.24, 2.45) is 0 Å². The highest BCUT2D eigenvalue weighted by Gasteiger charge is 2.14. The van der Waals surface area contributed by atoms with Gasteiger partial charge in [-0.2, -0.15) is 0 Å². The fraction of sp³-hybridized carbons (Fsp3) is 0.333. The number of unbranched alkanes of at least 4 members (excludes halogenated alkanes) is 6. The van der Waals surface area contributed by atoms with Crippen LogP contribution in [0.25, 0.3) is 6.08 Å². The standard InChI is InChI=1S/C36H42N2O8/c1-2-3-11-33(39)45-28-17-19-29(20-18-28)46-34(40)21-14-25-12-15-26(16-13-25)36(43)44-22-9-7-5-4-6-8-10-30-31(35(41)42)23-27(37)24-32(30)38/h12-21,23-24H,2-11,22,37-38H2,1H3,(H,41,42)/b21-14+. The van der Waals surface area contributed by atoms with Crippen LogP contribution in [0.4, 0.5) is 11.4 Å². The molecule has 3 aromatic rings. The number of aromatic carboxylic acids is 1. The average molecular weight is 631 g/mol. The Morgan fingerprint density at radius 1 is 0.783 bits per heavy atom. The molecule has 10 heteroatoms. The molecule has 0 fully saturated rings. The molecular formula is C36H42N2O8. The summed E-state index contributed by atoms with van der Waals surface area (Å²) >= 11 is 0. The number of carbonyl (C=O) groups excluding carboxylic acids is 3. The summed E-state index contributed by atoms with van der Waals surface area (Å²) in [5.41, 5.74) is 14.4. The third kappa shape index (κ3) is 12.1. The van der Waals surface area contributed by atoms with Crippen LogP contribution < -0.4 is 20.9 Å². The fourth-order valence-electron chi connectivity index (χ4n) is 4.67. The first-order chi connectivity index (χ1) is 22.2. The monoisotopic (exact) mass is 630 g/mol. The van der Waals surface area contributed by atoms with Gasteiger partial charge in [0, 0.05) is 23.9 Å². The van der Waals surface area contributed by atoms with Crippen molar-refractivity contribution in [1.29, 1.82) is 0 Å². The second kappa shape index (κ2) is 18.6. The highest BCUT2D eigenvalue weighted by molar-refractivity contribution is 5.93. The van der Waals surface area contributed by atoms with Gasteiger partial charge in [-0.05, 0) is 91.4 Å². The van der Waals surface area contributed by atoms with Gasteiger partial charge in [0.25, 0.3) is 0 Å². The molecule has 0 saturated heterocycles. The summed E-state index contributed by atoms with van der Waals surface area (Å²) in [6.07, 6.45) is 10.8. The first-order valence-electron chi connectivity index (χ1n) is 15.5. The summed E-state index contributed by atoms with van der Waals surface area (Å²) in [5, 5.41) is 9.41. The first kappa shape index (κ1) is 35.4. The second-order valence-corrected chi connectivity index (χ2v) is 10.9. The Morgan fingerprint density at radius 3 is 2.07 bits per heavy atom. The van der Waals surface area contributed by atoms with Gasteiger partial charge in [-0.15, -0.1) is 0 Å². The highest BCUT2D eigenvalue weighted by Crippen LogP contribution is 2.24. The summed E-state index contributed by atoms with van der Waals surface area (Å²) < 4.78 is 15.9. The molecule has 0 heterocycles. The molecule has 0 spiro atoms. The first-order valence-corrected chi connectivity index (χ1v) is 15.5. The van der Waals surface area contributed by atoms with E-state index >= 15 is 0 Å². The van der Waals surface area contributed by atoms with Crippen LogP contribution in [0.3, 0.4) is 0 Å². The maximum absolute atomic E-state index is 12.4. The van der Waals surface area contributed by atoms with E-state index < -0.39 is 17.9 Å². The van der Waals surface area contributed by atoms with Crippen molar-refractivity contribution in [1.82, 2.24) is 0 Å². The van der Waals surface area contributed by atoms with Crippen LogP contribution in [-0.4, -0.2) is 35.6 Å².